The van der Waals surface area contributed by atoms with E-state index in [0.717, 1.165) is 47.8 Å². The molecule has 0 spiro atoms. The Bertz CT molecular complexity index is 715. The summed E-state index contributed by atoms with van der Waals surface area (Å²) >= 11 is 0. The fraction of sp³-hybridized carbons (Fsp3) is 0.800. The van der Waals surface area contributed by atoms with Crippen molar-refractivity contribution in [3.63, 3.8) is 0 Å². The van der Waals surface area contributed by atoms with Gasteiger partial charge in [-0.25, -0.2) is 4.39 Å². The highest BCUT2D eigenvalue weighted by Crippen LogP contribution is 2.51. The van der Waals surface area contributed by atoms with E-state index in [4.69, 9.17) is 0 Å². The van der Waals surface area contributed by atoms with Crippen molar-refractivity contribution in [1.82, 2.24) is 0 Å². The van der Waals surface area contributed by atoms with Crippen LogP contribution in [0, 0.1) is 47.2 Å². The summed E-state index contributed by atoms with van der Waals surface area (Å²) in [6, 6.07) is 5.54. The maximum Gasteiger partial charge on any atom is 0.123 e. The molecule has 0 aromatic heterocycles. The second-order valence-corrected chi connectivity index (χ2v) is 12.0. The Morgan fingerprint density at radius 2 is 1.32 bits per heavy atom. The first-order chi connectivity index (χ1) is 15.2. The Morgan fingerprint density at radius 1 is 0.710 bits per heavy atom. The largest absolute Gasteiger partial charge is 0.207 e. The smallest absolute Gasteiger partial charge is 0.123 e. The van der Waals surface area contributed by atoms with E-state index < -0.39 is 0 Å². The van der Waals surface area contributed by atoms with E-state index in [1.165, 1.54) is 88.2 Å². The third kappa shape index (κ3) is 5.06. The summed E-state index contributed by atoms with van der Waals surface area (Å²) in [5.74, 6) is 6.97. The molecule has 4 aliphatic rings. The predicted octanol–water partition coefficient (Wildman–Crippen LogP) is 8.76. The lowest BCUT2D eigenvalue weighted by Crippen LogP contribution is -2.37. The summed E-state index contributed by atoms with van der Waals surface area (Å²) in [6.45, 7) is 2.34. The van der Waals surface area contributed by atoms with Crippen LogP contribution in [-0.2, 0) is 12.8 Å². The molecule has 0 saturated heterocycles. The molecule has 3 saturated carbocycles. The van der Waals surface area contributed by atoms with Crippen molar-refractivity contribution in [3.8, 4) is 0 Å². The molecule has 1 aromatic carbocycles. The molecule has 0 bridgehead atoms. The SMILES string of the molecule is CCCCC1CCC(C2CCC3CC(C4CCc5cc(F)ccc5C4)CCC3C2)CC1. The second kappa shape index (κ2) is 9.96. The van der Waals surface area contributed by atoms with Gasteiger partial charge < -0.3 is 0 Å². The van der Waals surface area contributed by atoms with Gasteiger partial charge in [0.15, 0.2) is 0 Å². The summed E-state index contributed by atoms with van der Waals surface area (Å²) in [4.78, 5) is 0. The molecule has 1 heteroatoms. The van der Waals surface area contributed by atoms with Crippen molar-refractivity contribution in [2.24, 2.45) is 41.4 Å². The van der Waals surface area contributed by atoms with Gasteiger partial charge in [0.25, 0.3) is 0 Å². The minimum atomic E-state index is -0.0519. The van der Waals surface area contributed by atoms with Crippen LogP contribution in [0.3, 0.4) is 0 Å². The molecular formula is C30H45F. The standard InChI is InChI=1S/C30H45F/c1-2-3-4-21-5-7-22(8-6-21)23-9-10-25-18-26(12-11-24(25)17-23)27-13-14-29-20-30(31)16-15-28(29)19-27/h15-16,20-27H,2-14,17-19H2,1H3. The molecule has 0 N–H and O–H groups in total. The predicted molar refractivity (Wildman–Crippen MR) is 129 cm³/mol. The quantitative estimate of drug-likeness (QED) is 0.443. The van der Waals surface area contributed by atoms with E-state index in [1.807, 2.05) is 0 Å². The van der Waals surface area contributed by atoms with Crippen molar-refractivity contribution in [3.05, 3.63) is 35.1 Å². The summed E-state index contributed by atoms with van der Waals surface area (Å²) in [7, 11) is 0. The molecular weight excluding hydrogens is 379 g/mol. The number of halogens is 1. The number of hydrogen-bond donors (Lipinski definition) is 0. The fourth-order valence-electron chi connectivity index (χ4n) is 8.41. The lowest BCUT2D eigenvalue weighted by molar-refractivity contribution is 0.0439. The zero-order chi connectivity index (χ0) is 21.2. The van der Waals surface area contributed by atoms with E-state index in [-0.39, 0.29) is 5.82 Å². The van der Waals surface area contributed by atoms with E-state index in [2.05, 4.69) is 13.0 Å². The molecule has 5 unspecified atom stereocenters. The van der Waals surface area contributed by atoms with Gasteiger partial charge in [-0.3, -0.25) is 0 Å². The number of unbranched alkanes of at least 4 members (excludes halogenated alkanes) is 1. The summed E-state index contributed by atoms with van der Waals surface area (Å²) in [5.41, 5.74) is 2.73. The first kappa shape index (κ1) is 22.0. The van der Waals surface area contributed by atoms with Gasteiger partial charge in [0.2, 0.25) is 0 Å². The van der Waals surface area contributed by atoms with Gasteiger partial charge in [0.05, 0.1) is 0 Å². The molecule has 4 aliphatic carbocycles. The van der Waals surface area contributed by atoms with Crippen LogP contribution in [0.25, 0.3) is 0 Å². The van der Waals surface area contributed by atoms with Crippen molar-refractivity contribution in [2.45, 2.75) is 110 Å². The van der Waals surface area contributed by atoms with E-state index in [0.29, 0.717) is 0 Å². The zero-order valence-corrected chi connectivity index (χ0v) is 20.0. The number of hydrogen-bond acceptors (Lipinski definition) is 0. The van der Waals surface area contributed by atoms with Crippen LogP contribution < -0.4 is 0 Å². The van der Waals surface area contributed by atoms with Crippen LogP contribution in [0.1, 0.15) is 108 Å². The average Bonchev–Trinajstić information content (AvgIpc) is 2.82. The number of fused-ring (bicyclic) bond motifs is 2. The van der Waals surface area contributed by atoms with Crippen LogP contribution >= 0.6 is 0 Å². The Hall–Kier alpha value is -0.850. The van der Waals surface area contributed by atoms with Crippen LogP contribution in [0.4, 0.5) is 4.39 Å². The van der Waals surface area contributed by atoms with E-state index in [9.17, 15) is 4.39 Å². The Morgan fingerprint density at radius 3 is 2.00 bits per heavy atom. The minimum absolute atomic E-state index is 0.0519. The average molecular weight is 425 g/mol. The molecule has 31 heavy (non-hydrogen) atoms. The van der Waals surface area contributed by atoms with Gasteiger partial charge in [-0.15, -0.1) is 0 Å². The second-order valence-electron chi connectivity index (χ2n) is 12.0. The van der Waals surface area contributed by atoms with Gasteiger partial charge in [-0.1, -0.05) is 45.1 Å². The van der Waals surface area contributed by atoms with Gasteiger partial charge in [-0.05, 0) is 135 Å². The Labute approximate surface area is 190 Å². The van der Waals surface area contributed by atoms with Crippen LogP contribution in [0.5, 0.6) is 0 Å². The monoisotopic (exact) mass is 424 g/mol. The molecule has 0 nitrogen and oxygen atoms in total. The van der Waals surface area contributed by atoms with Crippen LogP contribution in [-0.4, -0.2) is 0 Å². The third-order valence-electron chi connectivity index (χ3n) is 10.3. The molecule has 0 heterocycles. The van der Waals surface area contributed by atoms with Crippen molar-refractivity contribution >= 4 is 0 Å². The topological polar surface area (TPSA) is 0 Å². The number of aryl methyl sites for hydroxylation is 1. The van der Waals surface area contributed by atoms with Gasteiger partial charge in [0.1, 0.15) is 5.82 Å². The van der Waals surface area contributed by atoms with Crippen LogP contribution in [0.2, 0.25) is 0 Å². The fourth-order valence-corrected chi connectivity index (χ4v) is 8.41. The normalized spacial score (nSPS) is 38.3. The summed E-state index contributed by atoms with van der Waals surface area (Å²) < 4.78 is 13.6. The number of benzene rings is 1. The highest BCUT2D eigenvalue weighted by molar-refractivity contribution is 5.30. The highest BCUT2D eigenvalue weighted by atomic mass is 19.1. The van der Waals surface area contributed by atoms with Crippen molar-refractivity contribution in [1.29, 1.82) is 0 Å². The molecule has 0 amide bonds. The lowest BCUT2D eigenvalue weighted by Gasteiger charge is -2.47. The molecule has 0 radical (unpaired) electrons. The first-order valence-corrected chi connectivity index (χ1v) is 14.0. The molecule has 0 aliphatic heterocycles. The maximum absolute atomic E-state index is 13.6. The molecule has 5 atom stereocenters. The van der Waals surface area contributed by atoms with Gasteiger partial charge in [-0.2, -0.15) is 0 Å². The van der Waals surface area contributed by atoms with Crippen molar-refractivity contribution in [2.75, 3.05) is 0 Å². The van der Waals surface area contributed by atoms with Crippen LogP contribution in [0.15, 0.2) is 18.2 Å². The first-order valence-electron chi connectivity index (χ1n) is 14.0. The van der Waals surface area contributed by atoms with Crippen molar-refractivity contribution < 1.29 is 4.39 Å². The highest BCUT2D eigenvalue weighted by Gasteiger charge is 2.40. The van der Waals surface area contributed by atoms with E-state index >= 15 is 0 Å². The molecule has 5 rings (SSSR count). The summed E-state index contributed by atoms with van der Waals surface area (Å²) in [5, 5.41) is 0. The van der Waals surface area contributed by atoms with Gasteiger partial charge in [0, 0.05) is 0 Å². The molecule has 3 fully saturated rings. The molecule has 172 valence electrons. The Balaban J connectivity index is 1.11. The lowest BCUT2D eigenvalue weighted by atomic mass is 9.58. The Kier molecular flexibility index (Phi) is 7.06. The molecule has 1 aromatic rings. The minimum Gasteiger partial charge on any atom is -0.207 e. The summed E-state index contributed by atoms with van der Waals surface area (Å²) in [6.07, 6.45) is 23.2. The number of rotatable bonds is 5. The van der Waals surface area contributed by atoms with E-state index in [1.54, 1.807) is 31.4 Å². The zero-order valence-electron chi connectivity index (χ0n) is 20.0. The third-order valence-corrected chi connectivity index (χ3v) is 10.3. The van der Waals surface area contributed by atoms with Gasteiger partial charge >= 0.3 is 0 Å². The maximum atomic E-state index is 13.6.